The van der Waals surface area contributed by atoms with Crippen LogP contribution in [0.4, 0.5) is 5.69 Å². The summed E-state index contributed by atoms with van der Waals surface area (Å²) >= 11 is 6.93. The molecule has 2 unspecified atom stereocenters. The molecule has 1 aliphatic rings. The molecule has 2 atom stereocenters. The van der Waals surface area contributed by atoms with Gasteiger partial charge in [0.05, 0.1) is 17.3 Å². The molecular weight excluding hydrogens is 274 g/mol. The summed E-state index contributed by atoms with van der Waals surface area (Å²) < 4.78 is 14.2. The monoisotopic (exact) mass is 283 g/mol. The number of nitrogens with zero attached hydrogens (tertiary/aromatic N) is 1. The van der Waals surface area contributed by atoms with Gasteiger partial charge < -0.3 is 4.55 Å². The number of fused-ring (bicyclic) bond motifs is 2. The maximum Gasteiger partial charge on any atom is 0.185 e. The number of halogens is 1. The zero-order chi connectivity index (χ0) is 12.0. The number of rotatable bonds is 0. The second kappa shape index (κ2) is 4.21. The van der Waals surface area contributed by atoms with Crippen LogP contribution in [0.5, 0.6) is 0 Å². The highest BCUT2D eigenvalue weighted by Crippen LogP contribution is 2.45. The molecule has 88 valence electrons. The zero-order valence-corrected chi connectivity index (χ0v) is 11.5. The molecule has 0 radical (unpaired) electrons. The third kappa shape index (κ3) is 1.67. The first-order chi connectivity index (χ1) is 8.20. The van der Waals surface area contributed by atoms with Crippen LogP contribution in [0.1, 0.15) is 15.8 Å². The predicted molar refractivity (Wildman–Crippen MR) is 73.3 cm³/mol. The number of alkyl halides is 1. The van der Waals surface area contributed by atoms with Gasteiger partial charge in [-0.3, -0.25) is 0 Å². The van der Waals surface area contributed by atoms with Crippen molar-refractivity contribution in [2.75, 3.05) is 11.4 Å². The molecule has 0 fully saturated rings. The number of anilines is 1. The van der Waals surface area contributed by atoms with E-state index < -0.39 is 11.4 Å². The van der Waals surface area contributed by atoms with Crippen LogP contribution in [0.2, 0.25) is 0 Å². The molecule has 3 rings (SSSR count). The molecular formula is C12H10ClNOS2. The second-order valence-electron chi connectivity index (χ2n) is 3.82. The van der Waals surface area contributed by atoms with Crippen LogP contribution >= 0.6 is 22.9 Å². The lowest BCUT2D eigenvalue weighted by Gasteiger charge is -2.19. The van der Waals surface area contributed by atoms with E-state index in [0.717, 1.165) is 21.0 Å². The zero-order valence-electron chi connectivity index (χ0n) is 9.09. The van der Waals surface area contributed by atoms with Crippen LogP contribution in [-0.2, 0) is 11.4 Å². The summed E-state index contributed by atoms with van der Waals surface area (Å²) in [6.07, 6.45) is 0. The molecule has 17 heavy (non-hydrogen) atoms. The average molecular weight is 284 g/mol. The number of hydrogen-bond acceptors (Lipinski definition) is 3. The number of hydrogen-bond donors (Lipinski definition) is 0. The Balaban J connectivity index is 2.26. The third-order valence-electron chi connectivity index (χ3n) is 2.87. The van der Waals surface area contributed by atoms with Crippen LogP contribution in [0.25, 0.3) is 0 Å². The Morgan fingerprint density at radius 3 is 2.94 bits per heavy atom. The van der Waals surface area contributed by atoms with Crippen LogP contribution in [0, 0.1) is 0 Å². The van der Waals surface area contributed by atoms with E-state index in [0.29, 0.717) is 0 Å². The maximum atomic E-state index is 12.4. The number of benzene rings is 1. The van der Waals surface area contributed by atoms with Crippen LogP contribution in [0.3, 0.4) is 0 Å². The summed E-state index contributed by atoms with van der Waals surface area (Å²) in [4.78, 5) is 1.87. The Labute approximate surface area is 112 Å². The third-order valence-corrected chi connectivity index (χ3v) is 5.87. The van der Waals surface area contributed by atoms with E-state index >= 15 is 0 Å². The van der Waals surface area contributed by atoms with E-state index in [1.54, 1.807) is 15.6 Å². The van der Waals surface area contributed by atoms with Gasteiger partial charge in [0, 0.05) is 5.56 Å². The minimum Gasteiger partial charge on any atom is -0.588 e. The van der Waals surface area contributed by atoms with Crippen molar-refractivity contribution >= 4 is 40.0 Å². The molecule has 2 nitrogen and oxygen atoms in total. The molecule has 2 heterocycles. The van der Waals surface area contributed by atoms with Crippen molar-refractivity contribution in [2.45, 2.75) is 10.3 Å². The summed E-state index contributed by atoms with van der Waals surface area (Å²) in [6.45, 7) is 0. The van der Waals surface area contributed by atoms with Crippen molar-refractivity contribution in [2.24, 2.45) is 0 Å². The predicted octanol–water partition coefficient (Wildman–Crippen LogP) is 3.55. The van der Waals surface area contributed by atoms with Crippen molar-refractivity contribution in [1.29, 1.82) is 0 Å². The molecule has 2 aromatic rings. The molecule has 0 saturated carbocycles. The summed E-state index contributed by atoms with van der Waals surface area (Å²) in [6, 6.07) is 9.64. The fourth-order valence-corrected chi connectivity index (χ4v) is 4.70. The summed E-state index contributed by atoms with van der Waals surface area (Å²) in [5, 5.41) is 1.77. The average Bonchev–Trinajstić information content (AvgIpc) is 2.82. The molecule has 0 aliphatic carbocycles. The van der Waals surface area contributed by atoms with E-state index in [-0.39, 0.29) is 5.38 Å². The molecule has 0 N–H and O–H groups in total. The first-order valence-electron chi connectivity index (χ1n) is 5.16. The van der Waals surface area contributed by atoms with Crippen molar-refractivity contribution in [3.05, 3.63) is 46.2 Å². The standard InChI is InChI=1S/C12H10ClNOS2/c1-14-9-6-7-16-12(9)11(13)8-4-2-3-5-10(8)17(14)15/h2-7,11H,1H3. The van der Waals surface area contributed by atoms with E-state index in [1.165, 1.54) is 0 Å². The molecule has 0 spiro atoms. The van der Waals surface area contributed by atoms with Crippen molar-refractivity contribution in [3.8, 4) is 0 Å². The molecule has 1 aromatic heterocycles. The highest BCUT2D eigenvalue weighted by molar-refractivity contribution is 7.92. The largest absolute Gasteiger partial charge is 0.588 e. The SMILES string of the molecule is CN1c2ccsc2C(Cl)c2ccccc2[S+]1[O-]. The second-order valence-corrected chi connectivity index (χ2v) is 6.69. The smallest absolute Gasteiger partial charge is 0.185 e. The van der Waals surface area contributed by atoms with Gasteiger partial charge in [0.25, 0.3) is 0 Å². The van der Waals surface area contributed by atoms with Gasteiger partial charge in [0.2, 0.25) is 0 Å². The van der Waals surface area contributed by atoms with Crippen molar-refractivity contribution in [1.82, 2.24) is 0 Å². The molecule has 1 aromatic carbocycles. The van der Waals surface area contributed by atoms with E-state index in [2.05, 4.69) is 0 Å². The Kier molecular flexibility index (Phi) is 2.83. The van der Waals surface area contributed by atoms with Crippen LogP contribution in [-0.4, -0.2) is 11.6 Å². The lowest BCUT2D eigenvalue weighted by Crippen LogP contribution is -2.26. The van der Waals surface area contributed by atoms with Gasteiger partial charge in [-0.1, -0.05) is 18.2 Å². The van der Waals surface area contributed by atoms with E-state index in [4.69, 9.17) is 11.6 Å². The lowest BCUT2D eigenvalue weighted by molar-refractivity contribution is 0.593. The minimum atomic E-state index is -1.18. The number of thiophene rings is 1. The van der Waals surface area contributed by atoms with Gasteiger partial charge in [-0.05, 0) is 17.5 Å². The molecule has 0 bridgehead atoms. The van der Waals surface area contributed by atoms with Crippen molar-refractivity contribution < 1.29 is 4.55 Å². The first kappa shape index (κ1) is 11.4. The highest BCUT2D eigenvalue weighted by Gasteiger charge is 2.34. The quantitative estimate of drug-likeness (QED) is 0.546. The maximum absolute atomic E-state index is 12.4. The van der Waals surface area contributed by atoms with Crippen LogP contribution in [0.15, 0.2) is 40.6 Å². The molecule has 0 saturated heterocycles. The van der Waals surface area contributed by atoms with Crippen molar-refractivity contribution in [3.63, 3.8) is 0 Å². The van der Waals surface area contributed by atoms with E-state index in [9.17, 15) is 4.55 Å². The fraction of sp³-hybridized carbons (Fsp3) is 0.167. The van der Waals surface area contributed by atoms with Gasteiger partial charge in [-0.25, -0.2) is 0 Å². The summed E-state index contributed by atoms with van der Waals surface area (Å²) in [7, 11) is 1.84. The first-order valence-corrected chi connectivity index (χ1v) is 7.58. The Morgan fingerprint density at radius 2 is 2.12 bits per heavy atom. The van der Waals surface area contributed by atoms with Gasteiger partial charge in [0.1, 0.15) is 17.0 Å². The van der Waals surface area contributed by atoms with Gasteiger partial charge in [-0.2, -0.15) is 4.31 Å². The Morgan fingerprint density at radius 1 is 1.35 bits per heavy atom. The molecule has 5 heteroatoms. The lowest BCUT2D eigenvalue weighted by atomic mass is 10.1. The highest BCUT2D eigenvalue weighted by atomic mass is 35.5. The summed E-state index contributed by atoms with van der Waals surface area (Å²) in [5.74, 6) is 0. The van der Waals surface area contributed by atoms with Gasteiger partial charge in [0.15, 0.2) is 4.90 Å². The topological polar surface area (TPSA) is 26.3 Å². The fourth-order valence-electron chi connectivity index (χ4n) is 1.99. The summed E-state index contributed by atoms with van der Waals surface area (Å²) in [5.41, 5.74) is 1.91. The van der Waals surface area contributed by atoms with E-state index in [1.807, 2.05) is 42.8 Å². The normalized spacial score (nSPS) is 22.9. The van der Waals surface area contributed by atoms with Gasteiger partial charge in [-0.15, -0.1) is 22.9 Å². The minimum absolute atomic E-state index is 0.213. The molecule has 1 aliphatic heterocycles. The Hall–Kier alpha value is -0.680. The van der Waals surface area contributed by atoms with Crippen LogP contribution < -0.4 is 4.31 Å². The molecule has 0 amide bonds. The Bertz CT molecular complexity index is 557. The van der Waals surface area contributed by atoms with Gasteiger partial charge >= 0.3 is 0 Å².